The zero-order valence-corrected chi connectivity index (χ0v) is 13.8. The van der Waals surface area contributed by atoms with Crippen LogP contribution in [0.1, 0.15) is 46.5 Å². The monoisotopic (exact) mass is 333 g/mol. The predicted octanol–water partition coefficient (Wildman–Crippen LogP) is 1.15. The van der Waals surface area contributed by atoms with Crippen molar-refractivity contribution in [2.24, 2.45) is 0 Å². The third-order valence-corrected chi connectivity index (χ3v) is 5.01. The lowest BCUT2D eigenvalue weighted by atomic mass is 10.1. The minimum atomic E-state index is -1.06. The van der Waals surface area contributed by atoms with E-state index >= 15 is 0 Å². The third kappa shape index (κ3) is 3.57. The summed E-state index contributed by atoms with van der Waals surface area (Å²) in [5.74, 6) is -1.37. The van der Waals surface area contributed by atoms with Gasteiger partial charge in [-0.1, -0.05) is 0 Å². The van der Waals surface area contributed by atoms with Gasteiger partial charge in [0.15, 0.2) is 0 Å². The van der Waals surface area contributed by atoms with E-state index < -0.39 is 5.97 Å². The molecule has 2 fully saturated rings. The lowest BCUT2D eigenvalue weighted by molar-refractivity contribution is 0.0696. The Hall–Kier alpha value is -1.99. The zero-order valence-electron chi connectivity index (χ0n) is 13.8. The summed E-state index contributed by atoms with van der Waals surface area (Å²) in [7, 11) is 1.74. The Morgan fingerprint density at radius 3 is 2.92 bits per heavy atom. The number of carbonyl (C=O) groups is 2. The Morgan fingerprint density at radius 1 is 1.38 bits per heavy atom. The minimum absolute atomic E-state index is 0.0700. The average Bonchev–Trinajstić information content (AvgIpc) is 3.23. The van der Waals surface area contributed by atoms with Crippen molar-refractivity contribution in [3.05, 3.63) is 29.6 Å². The van der Waals surface area contributed by atoms with Crippen LogP contribution in [0.25, 0.3) is 0 Å². The average molecular weight is 333 g/mol. The number of hydrogen-bond acceptors (Lipinski definition) is 5. The van der Waals surface area contributed by atoms with Gasteiger partial charge in [0.1, 0.15) is 5.69 Å². The van der Waals surface area contributed by atoms with Crippen molar-refractivity contribution in [1.82, 2.24) is 15.2 Å². The van der Waals surface area contributed by atoms with Gasteiger partial charge in [-0.2, -0.15) is 0 Å². The Kier molecular flexibility index (Phi) is 5.11. The second-order valence-electron chi connectivity index (χ2n) is 6.45. The van der Waals surface area contributed by atoms with Crippen molar-refractivity contribution in [2.45, 2.75) is 43.9 Å². The fourth-order valence-corrected chi connectivity index (χ4v) is 3.72. The second kappa shape index (κ2) is 7.27. The molecular weight excluding hydrogens is 310 g/mol. The van der Waals surface area contributed by atoms with Crippen molar-refractivity contribution in [2.75, 3.05) is 20.2 Å². The fraction of sp³-hybridized carbons (Fsp3) is 0.588. The SMILES string of the molecule is COC1CCN([C@@H]2CCC[C@@H]2NC(=O)c2cc(C(=O)O)ccn2)C1. The van der Waals surface area contributed by atoms with Gasteiger partial charge in [0.05, 0.1) is 11.7 Å². The van der Waals surface area contributed by atoms with E-state index in [1.165, 1.54) is 18.3 Å². The summed E-state index contributed by atoms with van der Waals surface area (Å²) in [4.78, 5) is 29.9. The smallest absolute Gasteiger partial charge is 0.335 e. The van der Waals surface area contributed by atoms with Gasteiger partial charge in [0, 0.05) is 38.5 Å². The molecule has 2 heterocycles. The first-order valence-corrected chi connectivity index (χ1v) is 8.35. The summed E-state index contributed by atoms with van der Waals surface area (Å²) in [6.45, 7) is 1.89. The van der Waals surface area contributed by atoms with E-state index in [1.54, 1.807) is 7.11 Å². The van der Waals surface area contributed by atoms with Gasteiger partial charge < -0.3 is 15.2 Å². The highest BCUT2D eigenvalue weighted by atomic mass is 16.5. The van der Waals surface area contributed by atoms with Crippen LogP contribution in [0.4, 0.5) is 0 Å². The molecular formula is C17H23N3O4. The molecule has 3 atom stereocenters. The Bertz CT molecular complexity index is 622. The summed E-state index contributed by atoms with van der Waals surface area (Å²) < 4.78 is 5.43. The molecule has 0 spiro atoms. The molecule has 0 bridgehead atoms. The van der Waals surface area contributed by atoms with Crippen LogP contribution in [0.3, 0.4) is 0 Å². The molecule has 1 amide bonds. The van der Waals surface area contributed by atoms with E-state index in [9.17, 15) is 9.59 Å². The standard InChI is InChI=1S/C17H23N3O4/c1-24-12-6-8-20(10-12)15-4-2-3-13(15)19-16(21)14-9-11(17(22)23)5-7-18-14/h5,7,9,12-13,15H,2-4,6,8,10H2,1H3,(H,19,21)(H,22,23)/t12?,13-,15+/m0/s1. The number of nitrogens with zero attached hydrogens (tertiary/aromatic N) is 2. The van der Waals surface area contributed by atoms with Crippen LogP contribution in [0, 0.1) is 0 Å². The molecule has 1 saturated carbocycles. The number of carboxylic acids is 1. The van der Waals surface area contributed by atoms with Crippen LogP contribution < -0.4 is 5.32 Å². The number of amides is 1. The second-order valence-corrected chi connectivity index (χ2v) is 6.45. The Morgan fingerprint density at radius 2 is 2.21 bits per heavy atom. The van der Waals surface area contributed by atoms with E-state index in [1.807, 2.05) is 0 Å². The summed E-state index contributed by atoms with van der Waals surface area (Å²) in [6, 6.07) is 3.09. The number of aromatic carboxylic acids is 1. The molecule has 0 radical (unpaired) electrons. The summed E-state index contributed by atoms with van der Waals surface area (Å²) in [5.41, 5.74) is 0.220. The highest BCUT2D eigenvalue weighted by Crippen LogP contribution is 2.28. The molecule has 1 unspecified atom stereocenters. The van der Waals surface area contributed by atoms with E-state index in [0.29, 0.717) is 6.04 Å². The highest BCUT2D eigenvalue weighted by molar-refractivity contribution is 5.95. The van der Waals surface area contributed by atoms with E-state index in [0.717, 1.165) is 38.8 Å². The van der Waals surface area contributed by atoms with Gasteiger partial charge in [-0.05, 0) is 37.8 Å². The molecule has 3 rings (SSSR count). The first-order chi connectivity index (χ1) is 11.6. The van der Waals surface area contributed by atoms with Gasteiger partial charge in [0.2, 0.25) is 0 Å². The predicted molar refractivity (Wildman–Crippen MR) is 87.1 cm³/mol. The number of hydrogen-bond donors (Lipinski definition) is 2. The van der Waals surface area contributed by atoms with E-state index in [-0.39, 0.29) is 29.3 Å². The molecule has 0 aromatic carbocycles. The fourth-order valence-electron chi connectivity index (χ4n) is 3.72. The molecule has 2 N–H and O–H groups in total. The van der Waals surface area contributed by atoms with Gasteiger partial charge in [0.25, 0.3) is 5.91 Å². The maximum absolute atomic E-state index is 12.4. The third-order valence-electron chi connectivity index (χ3n) is 5.01. The van der Waals surface area contributed by atoms with Crippen molar-refractivity contribution in [1.29, 1.82) is 0 Å². The van der Waals surface area contributed by atoms with Crippen LogP contribution in [-0.2, 0) is 4.74 Å². The van der Waals surface area contributed by atoms with Crippen molar-refractivity contribution in [3.8, 4) is 0 Å². The molecule has 1 aromatic rings. The molecule has 130 valence electrons. The number of carboxylic acid groups (broad SMARTS) is 1. The van der Waals surface area contributed by atoms with Gasteiger partial charge in [-0.25, -0.2) is 4.79 Å². The number of ether oxygens (including phenoxy) is 1. The molecule has 1 aliphatic heterocycles. The van der Waals surface area contributed by atoms with E-state index in [4.69, 9.17) is 9.84 Å². The van der Waals surface area contributed by atoms with Gasteiger partial charge >= 0.3 is 5.97 Å². The van der Waals surface area contributed by atoms with Crippen LogP contribution in [-0.4, -0.2) is 65.3 Å². The molecule has 2 aliphatic rings. The first-order valence-electron chi connectivity index (χ1n) is 8.35. The lowest BCUT2D eigenvalue weighted by Gasteiger charge is -2.29. The normalized spacial score (nSPS) is 27.3. The lowest BCUT2D eigenvalue weighted by Crippen LogP contribution is -2.48. The van der Waals surface area contributed by atoms with Gasteiger partial charge in [-0.15, -0.1) is 0 Å². The highest BCUT2D eigenvalue weighted by Gasteiger charge is 2.37. The molecule has 1 aromatic heterocycles. The van der Waals surface area contributed by atoms with Gasteiger partial charge in [-0.3, -0.25) is 14.7 Å². The van der Waals surface area contributed by atoms with Crippen molar-refractivity contribution in [3.63, 3.8) is 0 Å². The number of rotatable bonds is 5. The molecule has 7 nitrogen and oxygen atoms in total. The van der Waals surface area contributed by atoms with Crippen LogP contribution in [0.15, 0.2) is 18.3 Å². The number of likely N-dealkylation sites (tertiary alicyclic amines) is 1. The zero-order chi connectivity index (χ0) is 17.1. The Labute approximate surface area is 141 Å². The molecule has 7 heteroatoms. The first kappa shape index (κ1) is 16.9. The minimum Gasteiger partial charge on any atom is -0.478 e. The van der Waals surface area contributed by atoms with Crippen LogP contribution in [0.5, 0.6) is 0 Å². The van der Waals surface area contributed by atoms with E-state index in [2.05, 4.69) is 15.2 Å². The maximum Gasteiger partial charge on any atom is 0.335 e. The molecule has 1 aliphatic carbocycles. The van der Waals surface area contributed by atoms with Crippen LogP contribution >= 0.6 is 0 Å². The quantitative estimate of drug-likeness (QED) is 0.840. The summed E-state index contributed by atoms with van der Waals surface area (Å²) in [5, 5.41) is 12.1. The largest absolute Gasteiger partial charge is 0.478 e. The Balaban J connectivity index is 1.65. The summed E-state index contributed by atoms with van der Waals surface area (Å²) >= 11 is 0. The number of pyridine rings is 1. The number of methoxy groups -OCH3 is 1. The van der Waals surface area contributed by atoms with Crippen molar-refractivity contribution < 1.29 is 19.4 Å². The number of carbonyl (C=O) groups excluding carboxylic acids is 1. The summed E-state index contributed by atoms with van der Waals surface area (Å²) in [6.07, 6.45) is 5.72. The topological polar surface area (TPSA) is 91.8 Å². The van der Waals surface area contributed by atoms with Crippen molar-refractivity contribution >= 4 is 11.9 Å². The molecule has 24 heavy (non-hydrogen) atoms. The van der Waals surface area contributed by atoms with Crippen LogP contribution in [0.2, 0.25) is 0 Å². The number of nitrogens with one attached hydrogen (secondary N) is 1. The molecule has 1 saturated heterocycles. The maximum atomic E-state index is 12.4. The number of aromatic nitrogens is 1.